The van der Waals surface area contributed by atoms with Gasteiger partial charge in [0.25, 0.3) is 0 Å². The van der Waals surface area contributed by atoms with Crippen LogP contribution in [-0.4, -0.2) is 25.2 Å². The van der Waals surface area contributed by atoms with E-state index in [0.29, 0.717) is 6.61 Å². The Morgan fingerprint density at radius 2 is 2.19 bits per heavy atom. The van der Waals surface area contributed by atoms with Crippen molar-refractivity contribution in [3.8, 4) is 0 Å². The summed E-state index contributed by atoms with van der Waals surface area (Å²) in [5.41, 5.74) is 1.16. The topological polar surface area (TPSA) is 34.1 Å². The van der Waals surface area contributed by atoms with Gasteiger partial charge in [0.05, 0.1) is 11.6 Å². The van der Waals surface area contributed by atoms with Crippen LogP contribution in [0.1, 0.15) is 5.56 Å². The van der Waals surface area contributed by atoms with Gasteiger partial charge in [0.1, 0.15) is 5.03 Å². The van der Waals surface area contributed by atoms with E-state index in [4.69, 9.17) is 16.3 Å². The average molecular weight is 388 g/mol. The number of methoxy groups -OCH3 is 1. The number of nitrogens with one attached hydrogen (secondary N) is 1. The fourth-order valence-corrected chi connectivity index (χ4v) is 2.99. The van der Waals surface area contributed by atoms with Crippen LogP contribution in [-0.2, 0) is 11.3 Å². The Bertz CT molecular complexity index is 580. The second kappa shape index (κ2) is 8.76. The van der Waals surface area contributed by atoms with Gasteiger partial charge in [-0.15, -0.1) is 0 Å². The molecule has 1 N–H and O–H groups in total. The Morgan fingerprint density at radius 1 is 1.33 bits per heavy atom. The molecule has 0 aliphatic carbocycles. The molecule has 0 saturated carbocycles. The monoisotopic (exact) mass is 386 g/mol. The van der Waals surface area contributed by atoms with Gasteiger partial charge in [0, 0.05) is 35.8 Å². The maximum Gasteiger partial charge on any atom is 0.101 e. The van der Waals surface area contributed by atoms with Crippen LogP contribution in [0.4, 0.5) is 0 Å². The van der Waals surface area contributed by atoms with Gasteiger partial charge < -0.3 is 10.1 Å². The molecule has 6 heteroatoms. The van der Waals surface area contributed by atoms with Gasteiger partial charge in [-0.25, -0.2) is 4.98 Å². The minimum absolute atomic E-state index is 0.705. The molecule has 0 aliphatic rings. The second-order valence-corrected chi connectivity index (χ2v) is 6.74. The predicted octanol–water partition coefficient (Wildman–Crippen LogP) is 4.38. The van der Waals surface area contributed by atoms with Gasteiger partial charge in [0.2, 0.25) is 0 Å². The van der Waals surface area contributed by atoms with Crippen LogP contribution < -0.4 is 5.32 Å². The second-order valence-electron chi connectivity index (χ2n) is 4.35. The molecule has 112 valence electrons. The minimum atomic E-state index is 0.705. The molecule has 0 spiro atoms. The van der Waals surface area contributed by atoms with Crippen LogP contribution in [0.25, 0.3) is 0 Å². The van der Waals surface area contributed by atoms with Gasteiger partial charge in [-0.05, 0) is 45.8 Å². The Morgan fingerprint density at radius 3 is 2.86 bits per heavy atom. The van der Waals surface area contributed by atoms with E-state index in [1.54, 1.807) is 25.1 Å². The highest BCUT2D eigenvalue weighted by Gasteiger charge is 2.05. The zero-order chi connectivity index (χ0) is 15.1. The van der Waals surface area contributed by atoms with Crippen LogP contribution >= 0.6 is 39.3 Å². The van der Waals surface area contributed by atoms with Crippen LogP contribution in [0.2, 0.25) is 5.02 Å². The van der Waals surface area contributed by atoms with E-state index in [0.717, 1.165) is 38.1 Å². The average Bonchev–Trinajstić information content (AvgIpc) is 2.48. The number of hydrogen-bond acceptors (Lipinski definition) is 4. The number of hydrogen-bond donors (Lipinski definition) is 1. The van der Waals surface area contributed by atoms with Crippen molar-refractivity contribution in [3.63, 3.8) is 0 Å². The van der Waals surface area contributed by atoms with Crippen molar-refractivity contribution < 1.29 is 4.74 Å². The maximum absolute atomic E-state index is 6.34. The van der Waals surface area contributed by atoms with Crippen LogP contribution in [0.3, 0.4) is 0 Å². The van der Waals surface area contributed by atoms with Gasteiger partial charge in [-0.1, -0.05) is 29.4 Å². The Labute approximate surface area is 142 Å². The minimum Gasteiger partial charge on any atom is -0.383 e. The van der Waals surface area contributed by atoms with Crippen molar-refractivity contribution in [1.82, 2.24) is 10.3 Å². The quantitative estimate of drug-likeness (QED) is 0.715. The van der Waals surface area contributed by atoms with Crippen molar-refractivity contribution in [2.24, 2.45) is 0 Å². The number of ether oxygens (including phenoxy) is 1. The summed E-state index contributed by atoms with van der Waals surface area (Å²) in [5.74, 6) is 0. The first-order valence-electron chi connectivity index (χ1n) is 6.46. The molecule has 1 aromatic carbocycles. The molecule has 21 heavy (non-hydrogen) atoms. The third-order valence-corrected chi connectivity index (χ3v) is 4.64. The number of benzene rings is 1. The van der Waals surface area contributed by atoms with Crippen LogP contribution in [0.15, 0.2) is 50.9 Å². The normalized spacial score (nSPS) is 10.8. The van der Waals surface area contributed by atoms with Crippen LogP contribution in [0, 0.1) is 0 Å². The van der Waals surface area contributed by atoms with E-state index in [-0.39, 0.29) is 0 Å². The lowest BCUT2D eigenvalue weighted by molar-refractivity contribution is 0.199. The van der Waals surface area contributed by atoms with E-state index >= 15 is 0 Å². The highest BCUT2D eigenvalue weighted by atomic mass is 79.9. The summed E-state index contributed by atoms with van der Waals surface area (Å²) < 4.78 is 5.96. The molecule has 1 aromatic heterocycles. The third kappa shape index (κ3) is 5.60. The summed E-state index contributed by atoms with van der Waals surface area (Å²) in [5, 5.41) is 4.97. The fourth-order valence-electron chi connectivity index (χ4n) is 1.68. The molecule has 2 aromatic rings. The molecule has 1 heterocycles. The maximum atomic E-state index is 6.34. The summed E-state index contributed by atoms with van der Waals surface area (Å²) in [4.78, 5) is 5.34. The van der Waals surface area contributed by atoms with Crippen molar-refractivity contribution in [1.29, 1.82) is 0 Å². The van der Waals surface area contributed by atoms with Crippen molar-refractivity contribution in [3.05, 3.63) is 51.6 Å². The van der Waals surface area contributed by atoms with Crippen molar-refractivity contribution in [2.75, 3.05) is 20.3 Å². The number of nitrogens with zero attached hydrogens (tertiary/aromatic N) is 1. The molecule has 3 nitrogen and oxygen atoms in total. The third-order valence-electron chi connectivity index (χ3n) is 2.72. The van der Waals surface area contributed by atoms with Gasteiger partial charge in [-0.3, -0.25) is 0 Å². The van der Waals surface area contributed by atoms with E-state index < -0.39 is 0 Å². The van der Waals surface area contributed by atoms with E-state index in [2.05, 4.69) is 32.3 Å². The number of rotatable bonds is 7. The predicted molar refractivity (Wildman–Crippen MR) is 91.1 cm³/mol. The van der Waals surface area contributed by atoms with E-state index in [1.807, 2.05) is 24.3 Å². The lowest BCUT2D eigenvalue weighted by Crippen LogP contribution is -2.18. The summed E-state index contributed by atoms with van der Waals surface area (Å²) in [6.45, 7) is 2.31. The summed E-state index contributed by atoms with van der Waals surface area (Å²) >= 11 is 11.3. The summed E-state index contributed by atoms with van der Waals surface area (Å²) in [6.07, 6.45) is 1.78. The highest BCUT2D eigenvalue weighted by molar-refractivity contribution is 9.10. The molecular weight excluding hydrogens is 372 g/mol. The van der Waals surface area contributed by atoms with Crippen molar-refractivity contribution in [2.45, 2.75) is 16.5 Å². The summed E-state index contributed by atoms with van der Waals surface area (Å²) in [6, 6.07) is 10.0. The fraction of sp³-hybridized carbons (Fsp3) is 0.267. The first-order valence-corrected chi connectivity index (χ1v) is 8.45. The van der Waals surface area contributed by atoms with Crippen LogP contribution in [0.5, 0.6) is 0 Å². The molecule has 0 amide bonds. The number of pyridine rings is 1. The number of aromatic nitrogens is 1. The molecule has 0 fully saturated rings. The highest BCUT2D eigenvalue weighted by Crippen LogP contribution is 2.33. The zero-order valence-corrected chi connectivity index (χ0v) is 14.8. The van der Waals surface area contributed by atoms with Gasteiger partial charge in [-0.2, -0.15) is 0 Å². The first-order chi connectivity index (χ1) is 10.2. The molecule has 0 radical (unpaired) electrons. The SMILES string of the molecule is COCCNCc1ccc(Sc2ccc(Br)cn2)c(Cl)c1. The van der Waals surface area contributed by atoms with E-state index in [1.165, 1.54) is 0 Å². The molecule has 0 bridgehead atoms. The summed E-state index contributed by atoms with van der Waals surface area (Å²) in [7, 11) is 1.70. The van der Waals surface area contributed by atoms with E-state index in [9.17, 15) is 0 Å². The molecule has 0 saturated heterocycles. The van der Waals surface area contributed by atoms with Gasteiger partial charge in [0.15, 0.2) is 0 Å². The smallest absolute Gasteiger partial charge is 0.101 e. The molecule has 0 unspecified atom stereocenters. The lowest BCUT2D eigenvalue weighted by Gasteiger charge is -2.08. The Hall–Kier alpha value is -0.590. The van der Waals surface area contributed by atoms with Crippen molar-refractivity contribution >= 4 is 39.3 Å². The Balaban J connectivity index is 1.97. The first kappa shape index (κ1) is 16.8. The number of halogens is 2. The molecule has 0 atom stereocenters. The zero-order valence-electron chi connectivity index (χ0n) is 11.6. The molecule has 0 aliphatic heterocycles. The largest absolute Gasteiger partial charge is 0.383 e. The standard InChI is InChI=1S/C15H16BrClN2OS/c1-20-7-6-18-9-11-2-4-14(13(17)8-11)21-15-5-3-12(16)10-19-15/h2-5,8,10,18H,6-7,9H2,1H3. The lowest BCUT2D eigenvalue weighted by atomic mass is 10.2. The Kier molecular flexibility index (Phi) is 6.99. The molecular formula is C15H16BrClN2OS. The van der Waals surface area contributed by atoms with Gasteiger partial charge >= 0.3 is 0 Å². The molecule has 2 rings (SSSR count).